The number of amides is 1. The van der Waals surface area contributed by atoms with E-state index in [-0.39, 0.29) is 17.8 Å². The number of benzene rings is 1. The number of nitrogens with one attached hydrogen (secondary N) is 2. The van der Waals surface area contributed by atoms with E-state index in [2.05, 4.69) is 20.9 Å². The van der Waals surface area contributed by atoms with Crippen LogP contribution in [-0.2, 0) is 6.42 Å². The Bertz CT molecular complexity index is 797. The van der Waals surface area contributed by atoms with E-state index in [1.165, 1.54) is 6.07 Å². The Hall–Kier alpha value is -2.28. The van der Waals surface area contributed by atoms with Crippen molar-refractivity contribution in [2.45, 2.75) is 44.7 Å². The van der Waals surface area contributed by atoms with Gasteiger partial charge in [-0.25, -0.2) is 9.07 Å². The van der Waals surface area contributed by atoms with Crippen molar-refractivity contribution in [1.82, 2.24) is 25.6 Å². The summed E-state index contributed by atoms with van der Waals surface area (Å²) < 4.78 is 15.2. The van der Waals surface area contributed by atoms with Gasteiger partial charge in [0.05, 0.1) is 17.8 Å². The molecule has 0 radical (unpaired) electrons. The molecule has 1 fully saturated rings. The minimum Gasteiger partial charge on any atom is -0.344 e. The van der Waals surface area contributed by atoms with E-state index in [4.69, 9.17) is 0 Å². The normalized spacial score (nSPS) is 20.5. The van der Waals surface area contributed by atoms with Crippen LogP contribution in [0.3, 0.4) is 0 Å². The first-order valence-corrected chi connectivity index (χ1v) is 8.85. The van der Waals surface area contributed by atoms with Gasteiger partial charge in [-0.2, -0.15) is 0 Å². The lowest BCUT2D eigenvalue weighted by molar-refractivity contribution is 0.0931. The molecule has 4 rings (SSSR count). The Balaban J connectivity index is 1.50. The lowest BCUT2D eigenvalue weighted by Crippen LogP contribution is -2.31. The third-order valence-corrected chi connectivity index (χ3v) is 5.29. The zero-order valence-corrected chi connectivity index (χ0v) is 14.3. The largest absolute Gasteiger partial charge is 0.344 e. The fourth-order valence-electron chi connectivity index (χ4n) is 3.91. The average molecular weight is 343 g/mol. The number of carbonyl (C=O) groups is 1. The third-order valence-electron chi connectivity index (χ3n) is 5.29. The molecule has 2 aromatic rings. The number of rotatable bonds is 3. The van der Waals surface area contributed by atoms with Gasteiger partial charge in [0.2, 0.25) is 0 Å². The molecule has 1 aliphatic carbocycles. The van der Waals surface area contributed by atoms with Gasteiger partial charge in [-0.3, -0.25) is 4.79 Å². The van der Waals surface area contributed by atoms with Gasteiger partial charge in [0.15, 0.2) is 5.69 Å². The van der Waals surface area contributed by atoms with E-state index < -0.39 is 0 Å². The van der Waals surface area contributed by atoms with E-state index in [0.29, 0.717) is 11.7 Å². The maximum Gasteiger partial charge on any atom is 0.274 e. The van der Waals surface area contributed by atoms with E-state index in [9.17, 15) is 9.18 Å². The Kier molecular flexibility index (Phi) is 4.25. The van der Waals surface area contributed by atoms with Crippen LogP contribution in [0.4, 0.5) is 4.39 Å². The molecule has 0 bridgehead atoms. The Morgan fingerprint density at radius 1 is 1.32 bits per heavy atom. The molecule has 1 amide bonds. The monoisotopic (exact) mass is 343 g/mol. The number of piperidine rings is 1. The number of halogens is 1. The highest BCUT2D eigenvalue weighted by atomic mass is 19.1. The molecule has 2 N–H and O–H groups in total. The first-order valence-electron chi connectivity index (χ1n) is 8.85. The van der Waals surface area contributed by atoms with Crippen molar-refractivity contribution >= 4 is 5.91 Å². The van der Waals surface area contributed by atoms with E-state index >= 15 is 0 Å². The van der Waals surface area contributed by atoms with Gasteiger partial charge >= 0.3 is 0 Å². The molecule has 7 heteroatoms. The van der Waals surface area contributed by atoms with Crippen molar-refractivity contribution in [2.24, 2.45) is 0 Å². The molecule has 25 heavy (non-hydrogen) atoms. The van der Waals surface area contributed by atoms with Crippen molar-refractivity contribution in [3.8, 4) is 0 Å². The number of aryl methyl sites for hydroxylation is 1. The number of aromatic nitrogens is 3. The zero-order chi connectivity index (χ0) is 17.4. The molecule has 1 aromatic carbocycles. The molecule has 2 aliphatic rings. The number of carbonyl (C=O) groups excluding carboxylic acids is 1. The summed E-state index contributed by atoms with van der Waals surface area (Å²) in [7, 11) is 0. The molecular formula is C18H22FN5O. The molecule has 1 unspecified atom stereocenters. The number of hydrogen-bond donors (Lipinski definition) is 2. The summed E-state index contributed by atoms with van der Waals surface area (Å²) in [6, 6.07) is 4.97. The number of hydrogen-bond acceptors (Lipinski definition) is 4. The molecule has 6 nitrogen and oxygen atoms in total. The van der Waals surface area contributed by atoms with Crippen LogP contribution >= 0.6 is 0 Å². The van der Waals surface area contributed by atoms with E-state index in [0.717, 1.165) is 55.6 Å². The fourth-order valence-corrected chi connectivity index (χ4v) is 3.91. The lowest BCUT2D eigenvalue weighted by Gasteiger charge is -2.23. The quantitative estimate of drug-likeness (QED) is 0.895. The van der Waals surface area contributed by atoms with Crippen LogP contribution in [-0.4, -0.2) is 34.0 Å². The molecule has 0 saturated carbocycles. The van der Waals surface area contributed by atoms with Crippen molar-refractivity contribution in [2.75, 3.05) is 13.1 Å². The SMILES string of the molecule is Cc1c(C(=O)NC2CCc3cc(F)ccc32)nnn1C1CCNCC1. The van der Waals surface area contributed by atoms with Crippen LogP contribution in [0.15, 0.2) is 18.2 Å². The molecular weight excluding hydrogens is 321 g/mol. The highest BCUT2D eigenvalue weighted by molar-refractivity contribution is 5.93. The molecule has 2 heterocycles. The standard InChI is InChI=1S/C18H22FN5O/c1-11-17(22-23-24(11)14-6-8-20-9-7-14)18(25)21-16-5-2-12-10-13(19)3-4-15(12)16/h3-4,10,14,16,20H,2,5-9H2,1H3,(H,21,25). The minimum absolute atomic E-state index is 0.0912. The van der Waals surface area contributed by atoms with Crippen LogP contribution in [0.1, 0.15) is 58.7 Å². The smallest absolute Gasteiger partial charge is 0.274 e. The van der Waals surface area contributed by atoms with Crippen molar-refractivity contribution < 1.29 is 9.18 Å². The predicted octanol–water partition coefficient (Wildman–Crippen LogP) is 2.07. The Morgan fingerprint density at radius 2 is 2.12 bits per heavy atom. The number of fused-ring (bicyclic) bond motifs is 1. The average Bonchev–Trinajstić information content (AvgIpc) is 3.19. The maximum absolute atomic E-state index is 13.3. The van der Waals surface area contributed by atoms with E-state index in [1.807, 2.05) is 11.6 Å². The summed E-state index contributed by atoms with van der Waals surface area (Å²) >= 11 is 0. The van der Waals surface area contributed by atoms with Gasteiger partial charge < -0.3 is 10.6 Å². The van der Waals surface area contributed by atoms with Gasteiger partial charge in [-0.15, -0.1) is 5.10 Å². The topological polar surface area (TPSA) is 71.8 Å². The van der Waals surface area contributed by atoms with Crippen molar-refractivity contribution in [3.05, 3.63) is 46.5 Å². The molecule has 132 valence electrons. The summed E-state index contributed by atoms with van der Waals surface area (Å²) in [6.45, 7) is 3.82. The fraction of sp³-hybridized carbons (Fsp3) is 0.500. The first kappa shape index (κ1) is 16.2. The highest BCUT2D eigenvalue weighted by Crippen LogP contribution is 2.31. The Labute approximate surface area is 145 Å². The maximum atomic E-state index is 13.3. The molecule has 1 aromatic heterocycles. The van der Waals surface area contributed by atoms with Crippen molar-refractivity contribution in [1.29, 1.82) is 0 Å². The van der Waals surface area contributed by atoms with Crippen LogP contribution < -0.4 is 10.6 Å². The van der Waals surface area contributed by atoms with Gasteiger partial charge in [0, 0.05) is 0 Å². The zero-order valence-electron chi connectivity index (χ0n) is 14.3. The summed E-state index contributed by atoms with van der Waals surface area (Å²) in [4.78, 5) is 12.7. The molecule has 1 atom stereocenters. The Morgan fingerprint density at radius 3 is 2.92 bits per heavy atom. The second-order valence-corrected chi connectivity index (χ2v) is 6.86. The minimum atomic E-state index is -0.230. The van der Waals surface area contributed by atoms with Crippen LogP contribution in [0, 0.1) is 12.7 Å². The van der Waals surface area contributed by atoms with Crippen LogP contribution in [0.25, 0.3) is 0 Å². The predicted molar refractivity (Wildman–Crippen MR) is 90.8 cm³/mol. The summed E-state index contributed by atoms with van der Waals surface area (Å²) in [5.41, 5.74) is 3.16. The van der Waals surface area contributed by atoms with Crippen molar-refractivity contribution in [3.63, 3.8) is 0 Å². The first-order chi connectivity index (χ1) is 12.1. The molecule has 0 spiro atoms. The second-order valence-electron chi connectivity index (χ2n) is 6.86. The molecule has 1 aliphatic heterocycles. The van der Waals surface area contributed by atoms with E-state index in [1.54, 1.807) is 12.1 Å². The van der Waals surface area contributed by atoms with Crippen LogP contribution in [0.2, 0.25) is 0 Å². The lowest BCUT2D eigenvalue weighted by atomic mass is 10.1. The summed E-state index contributed by atoms with van der Waals surface area (Å²) in [5, 5.41) is 14.7. The summed E-state index contributed by atoms with van der Waals surface area (Å²) in [6.07, 6.45) is 3.55. The number of nitrogens with zero attached hydrogens (tertiary/aromatic N) is 3. The molecule has 1 saturated heterocycles. The van der Waals surface area contributed by atoms with Crippen LogP contribution in [0.5, 0.6) is 0 Å². The highest BCUT2D eigenvalue weighted by Gasteiger charge is 2.28. The summed E-state index contributed by atoms with van der Waals surface area (Å²) in [5.74, 6) is -0.439. The van der Waals surface area contributed by atoms with Gasteiger partial charge in [-0.05, 0) is 69.0 Å². The van der Waals surface area contributed by atoms with Gasteiger partial charge in [0.25, 0.3) is 5.91 Å². The van der Waals surface area contributed by atoms with Gasteiger partial charge in [-0.1, -0.05) is 11.3 Å². The third kappa shape index (κ3) is 3.04. The second kappa shape index (κ2) is 6.55. The van der Waals surface area contributed by atoms with Gasteiger partial charge in [0.1, 0.15) is 5.82 Å².